The molecule has 0 saturated carbocycles. The Morgan fingerprint density at radius 3 is 2.68 bits per heavy atom. The zero-order chi connectivity index (χ0) is 13.2. The van der Waals surface area contributed by atoms with E-state index >= 15 is 0 Å². The molecule has 0 aliphatic rings. The average Bonchev–Trinajstić information content (AvgIpc) is 2.77. The van der Waals surface area contributed by atoms with Gasteiger partial charge in [0.05, 0.1) is 11.0 Å². The highest BCUT2D eigenvalue weighted by atomic mass is 35.5. The fourth-order valence-electron chi connectivity index (χ4n) is 1.98. The topological polar surface area (TPSA) is 60.7 Å². The second-order valence-corrected chi connectivity index (χ2v) is 4.69. The third kappa shape index (κ3) is 2.48. The third-order valence-corrected chi connectivity index (χ3v) is 3.33. The minimum atomic E-state index is -0.196. The van der Waals surface area contributed by atoms with Crippen LogP contribution in [0.5, 0.6) is 0 Å². The van der Waals surface area contributed by atoms with Crippen LogP contribution in [-0.4, -0.2) is 9.97 Å². The first-order valence-corrected chi connectivity index (χ1v) is 6.29. The second-order valence-electron chi connectivity index (χ2n) is 4.28. The van der Waals surface area contributed by atoms with Gasteiger partial charge in [-0.2, -0.15) is 0 Å². The van der Waals surface area contributed by atoms with Crippen molar-refractivity contribution in [2.45, 2.75) is 6.54 Å². The van der Waals surface area contributed by atoms with E-state index in [1.54, 1.807) is 0 Å². The zero-order valence-electron chi connectivity index (χ0n) is 10.0. The highest BCUT2D eigenvalue weighted by molar-refractivity contribution is 6.31. The lowest BCUT2D eigenvalue weighted by Crippen LogP contribution is -2.00. The number of benzene rings is 2. The Hall–Kier alpha value is -2.20. The van der Waals surface area contributed by atoms with Gasteiger partial charge in [-0.1, -0.05) is 29.8 Å². The molecule has 1 heterocycles. The van der Waals surface area contributed by atoms with Gasteiger partial charge >= 0.3 is 5.69 Å². The quantitative estimate of drug-likeness (QED) is 0.687. The van der Waals surface area contributed by atoms with Gasteiger partial charge in [-0.15, -0.1) is 0 Å². The molecule has 0 aliphatic heterocycles. The van der Waals surface area contributed by atoms with Gasteiger partial charge in [-0.05, 0) is 29.8 Å². The molecule has 3 aromatic rings. The van der Waals surface area contributed by atoms with Crippen molar-refractivity contribution in [3.05, 3.63) is 63.5 Å². The predicted octanol–water partition coefficient (Wildman–Crippen LogP) is 3.12. The highest BCUT2D eigenvalue weighted by Gasteiger charge is 2.01. The van der Waals surface area contributed by atoms with E-state index in [9.17, 15) is 4.79 Å². The Balaban J connectivity index is 1.82. The van der Waals surface area contributed by atoms with E-state index in [1.807, 2.05) is 42.5 Å². The maximum atomic E-state index is 11.2. The summed E-state index contributed by atoms with van der Waals surface area (Å²) in [6.45, 7) is 0.639. The van der Waals surface area contributed by atoms with Gasteiger partial charge in [-0.3, -0.25) is 0 Å². The first-order valence-electron chi connectivity index (χ1n) is 5.92. The molecular weight excluding hydrogens is 262 g/mol. The van der Waals surface area contributed by atoms with Crippen LogP contribution in [0, 0.1) is 0 Å². The summed E-state index contributed by atoms with van der Waals surface area (Å²) in [5, 5.41) is 4.02. The number of anilines is 1. The summed E-state index contributed by atoms with van der Waals surface area (Å²) in [5.74, 6) is 0. The summed E-state index contributed by atoms with van der Waals surface area (Å²) in [7, 11) is 0. The van der Waals surface area contributed by atoms with Crippen molar-refractivity contribution in [1.82, 2.24) is 9.97 Å². The molecule has 96 valence electrons. The number of fused-ring (bicyclic) bond motifs is 1. The summed E-state index contributed by atoms with van der Waals surface area (Å²) < 4.78 is 0. The molecule has 0 atom stereocenters. The molecule has 0 amide bonds. The van der Waals surface area contributed by atoms with Crippen LogP contribution in [0.25, 0.3) is 11.0 Å². The summed E-state index contributed by atoms with van der Waals surface area (Å²) in [5.41, 5.74) is 3.36. The van der Waals surface area contributed by atoms with Gasteiger partial charge in [0.25, 0.3) is 0 Å². The van der Waals surface area contributed by atoms with Crippen molar-refractivity contribution >= 4 is 28.3 Å². The molecule has 0 radical (unpaired) electrons. The van der Waals surface area contributed by atoms with E-state index in [4.69, 9.17) is 11.6 Å². The van der Waals surface area contributed by atoms with Crippen LogP contribution in [0.3, 0.4) is 0 Å². The Labute approximate surface area is 114 Å². The number of rotatable bonds is 3. The van der Waals surface area contributed by atoms with Gasteiger partial charge in [0.2, 0.25) is 0 Å². The lowest BCUT2D eigenvalue weighted by Gasteiger charge is -2.07. The van der Waals surface area contributed by atoms with E-state index in [0.29, 0.717) is 6.54 Å². The van der Waals surface area contributed by atoms with E-state index in [-0.39, 0.29) is 5.69 Å². The molecule has 19 heavy (non-hydrogen) atoms. The fourth-order valence-corrected chi connectivity index (χ4v) is 2.18. The Morgan fingerprint density at radius 2 is 1.84 bits per heavy atom. The fraction of sp³-hybridized carbons (Fsp3) is 0.0714. The molecule has 0 fully saturated rings. The van der Waals surface area contributed by atoms with Crippen LogP contribution in [-0.2, 0) is 6.54 Å². The average molecular weight is 274 g/mol. The van der Waals surface area contributed by atoms with E-state index < -0.39 is 0 Å². The number of hydrogen-bond acceptors (Lipinski definition) is 2. The van der Waals surface area contributed by atoms with Crippen LogP contribution in [0.2, 0.25) is 5.02 Å². The highest BCUT2D eigenvalue weighted by Crippen LogP contribution is 2.18. The van der Waals surface area contributed by atoms with Crippen LogP contribution in [0.15, 0.2) is 47.3 Å². The molecule has 0 unspecified atom stereocenters. The summed E-state index contributed by atoms with van der Waals surface area (Å²) >= 11 is 6.10. The van der Waals surface area contributed by atoms with Crippen LogP contribution in [0.4, 0.5) is 5.69 Å². The zero-order valence-corrected chi connectivity index (χ0v) is 10.8. The Kier molecular flexibility index (Phi) is 3.01. The normalized spacial score (nSPS) is 10.8. The minimum Gasteiger partial charge on any atom is -0.381 e. The van der Waals surface area contributed by atoms with Crippen molar-refractivity contribution in [2.75, 3.05) is 5.32 Å². The first-order chi connectivity index (χ1) is 9.22. The van der Waals surface area contributed by atoms with E-state index in [0.717, 1.165) is 27.3 Å². The van der Waals surface area contributed by atoms with Crippen molar-refractivity contribution < 1.29 is 0 Å². The van der Waals surface area contributed by atoms with Crippen LogP contribution >= 0.6 is 11.6 Å². The Morgan fingerprint density at radius 1 is 1.05 bits per heavy atom. The lowest BCUT2D eigenvalue weighted by atomic mass is 10.2. The number of H-pyrrole nitrogens is 2. The van der Waals surface area contributed by atoms with Crippen molar-refractivity contribution in [2.24, 2.45) is 0 Å². The van der Waals surface area contributed by atoms with Crippen molar-refractivity contribution in [1.29, 1.82) is 0 Å². The molecule has 4 nitrogen and oxygen atoms in total. The molecule has 0 spiro atoms. The SMILES string of the molecule is O=c1[nH]c2ccc(NCc3ccccc3Cl)cc2[nH]1. The number of nitrogens with one attached hydrogen (secondary N) is 3. The second kappa shape index (κ2) is 4.82. The van der Waals surface area contributed by atoms with Gasteiger partial charge in [0.15, 0.2) is 0 Å². The molecule has 2 aromatic carbocycles. The molecule has 3 rings (SSSR count). The molecule has 1 aromatic heterocycles. The van der Waals surface area contributed by atoms with Crippen molar-refractivity contribution in [3.8, 4) is 0 Å². The predicted molar refractivity (Wildman–Crippen MR) is 77.7 cm³/mol. The van der Waals surface area contributed by atoms with Crippen molar-refractivity contribution in [3.63, 3.8) is 0 Å². The molecule has 0 saturated heterocycles. The number of halogens is 1. The molecular formula is C14H12ClN3O. The van der Waals surface area contributed by atoms with E-state index in [1.165, 1.54) is 0 Å². The molecule has 0 aliphatic carbocycles. The van der Waals surface area contributed by atoms with E-state index in [2.05, 4.69) is 15.3 Å². The minimum absolute atomic E-state index is 0.196. The standard InChI is InChI=1S/C14H12ClN3O/c15-11-4-2-1-3-9(11)8-16-10-5-6-12-13(7-10)18-14(19)17-12/h1-7,16H,8H2,(H2,17,18,19). The number of hydrogen-bond donors (Lipinski definition) is 3. The third-order valence-electron chi connectivity index (χ3n) is 2.96. The lowest BCUT2D eigenvalue weighted by molar-refractivity contribution is 1.15. The van der Waals surface area contributed by atoms with Gasteiger partial charge in [0.1, 0.15) is 0 Å². The number of aromatic amines is 2. The maximum absolute atomic E-state index is 11.2. The first kappa shape index (κ1) is 11.9. The van der Waals surface area contributed by atoms with Gasteiger partial charge < -0.3 is 15.3 Å². The smallest absolute Gasteiger partial charge is 0.323 e. The monoisotopic (exact) mass is 273 g/mol. The molecule has 5 heteroatoms. The van der Waals surface area contributed by atoms with Crippen LogP contribution in [0.1, 0.15) is 5.56 Å². The summed E-state index contributed by atoms with van der Waals surface area (Å²) in [6.07, 6.45) is 0. The largest absolute Gasteiger partial charge is 0.381 e. The Bertz CT molecular complexity index is 775. The van der Waals surface area contributed by atoms with Gasteiger partial charge in [-0.25, -0.2) is 4.79 Å². The summed E-state index contributed by atoms with van der Waals surface area (Å²) in [4.78, 5) is 16.6. The number of imidazole rings is 1. The van der Waals surface area contributed by atoms with Crippen LogP contribution < -0.4 is 11.0 Å². The maximum Gasteiger partial charge on any atom is 0.323 e. The molecule has 0 bridgehead atoms. The summed E-state index contributed by atoms with van der Waals surface area (Å²) in [6, 6.07) is 13.4. The van der Waals surface area contributed by atoms with Gasteiger partial charge in [0, 0.05) is 17.3 Å². The number of aromatic nitrogens is 2. The molecule has 3 N–H and O–H groups in total.